The van der Waals surface area contributed by atoms with Gasteiger partial charge < -0.3 is 8.85 Å². The normalized spacial score (nSPS) is 12.6. The van der Waals surface area contributed by atoms with E-state index in [0.717, 1.165) is 19.4 Å². The van der Waals surface area contributed by atoms with Crippen molar-refractivity contribution in [3.8, 4) is 0 Å². The molecule has 0 saturated heterocycles. The largest absolute Gasteiger partial charge is 0.407 e. The highest BCUT2D eigenvalue weighted by atomic mass is 28.4. The fourth-order valence-corrected chi connectivity index (χ4v) is 7.55. The van der Waals surface area contributed by atoms with E-state index in [1.807, 2.05) is 6.08 Å². The van der Waals surface area contributed by atoms with Gasteiger partial charge in [0.15, 0.2) is 0 Å². The van der Waals surface area contributed by atoms with Gasteiger partial charge in [0.2, 0.25) is 0 Å². The first kappa shape index (κ1) is 26.6. The van der Waals surface area contributed by atoms with Crippen LogP contribution >= 0.6 is 0 Å². The van der Waals surface area contributed by atoms with Crippen LogP contribution in [0.5, 0.6) is 0 Å². The van der Waals surface area contributed by atoms with Crippen LogP contribution in [0, 0.1) is 0 Å². The van der Waals surface area contributed by atoms with Crippen LogP contribution in [-0.4, -0.2) is 21.3 Å². The average molecular weight is 453 g/mol. The molecule has 0 heterocycles. The van der Waals surface area contributed by atoms with Crippen LogP contribution in [0.25, 0.3) is 0 Å². The van der Waals surface area contributed by atoms with E-state index in [1.165, 1.54) is 68.2 Å². The van der Waals surface area contributed by atoms with E-state index in [2.05, 4.69) is 81.1 Å². The summed E-state index contributed by atoms with van der Waals surface area (Å²) in [5.41, 5.74) is 0. The molecule has 0 radical (unpaired) electrons. The van der Waals surface area contributed by atoms with Crippen LogP contribution in [-0.2, 0) is 8.85 Å². The van der Waals surface area contributed by atoms with Crippen molar-refractivity contribution >= 4 is 18.9 Å². The lowest BCUT2D eigenvalue weighted by molar-refractivity contribution is 0.141. The van der Waals surface area contributed by atoms with Crippen molar-refractivity contribution in [3.63, 3.8) is 0 Å². The highest BCUT2D eigenvalue weighted by molar-refractivity contribution is 6.92. The summed E-state index contributed by atoms with van der Waals surface area (Å²) < 4.78 is 13.6. The van der Waals surface area contributed by atoms with E-state index in [-0.39, 0.29) is 6.10 Å². The number of hydrogen-bond acceptors (Lipinski definition) is 2. The predicted molar refractivity (Wildman–Crippen MR) is 141 cm³/mol. The first-order valence-corrected chi connectivity index (χ1v) is 14.6. The molecule has 0 aromatic heterocycles. The lowest BCUT2D eigenvalue weighted by Crippen LogP contribution is -2.64. The van der Waals surface area contributed by atoms with Crippen molar-refractivity contribution in [1.29, 1.82) is 0 Å². The topological polar surface area (TPSA) is 18.5 Å². The third-order valence-corrected chi connectivity index (χ3v) is 9.51. The SMILES string of the molecule is C=CCC(C)O[Si](OCCCCCCCCCCCC)(c1ccccc1)c1ccccc1. The molecule has 0 amide bonds. The molecule has 2 nitrogen and oxygen atoms in total. The maximum absolute atomic E-state index is 6.79. The Hall–Kier alpha value is -1.68. The van der Waals surface area contributed by atoms with Gasteiger partial charge in [0, 0.05) is 12.7 Å². The van der Waals surface area contributed by atoms with E-state index >= 15 is 0 Å². The molecule has 2 rings (SSSR count). The highest BCUT2D eigenvalue weighted by Gasteiger charge is 2.43. The van der Waals surface area contributed by atoms with Gasteiger partial charge in [-0.2, -0.15) is 0 Å². The second-order valence-electron chi connectivity index (χ2n) is 8.83. The molecule has 0 aliphatic rings. The molecule has 32 heavy (non-hydrogen) atoms. The Morgan fingerprint density at radius 3 is 1.69 bits per heavy atom. The molecule has 0 aliphatic carbocycles. The molecule has 0 saturated carbocycles. The van der Waals surface area contributed by atoms with Crippen LogP contribution in [0.4, 0.5) is 0 Å². The Balaban J connectivity index is 1.97. The molecule has 0 fully saturated rings. The summed E-state index contributed by atoms with van der Waals surface area (Å²) in [6.07, 6.45) is 16.1. The minimum absolute atomic E-state index is 0.0623. The maximum Gasteiger partial charge on any atom is 0.407 e. The average Bonchev–Trinajstić information content (AvgIpc) is 2.83. The molecule has 0 bridgehead atoms. The number of unbranched alkanes of at least 4 members (excludes halogenated alkanes) is 9. The van der Waals surface area contributed by atoms with Crippen molar-refractivity contribution in [2.75, 3.05) is 6.61 Å². The Kier molecular flexibility index (Phi) is 13.3. The Bertz CT molecular complexity index is 677. The molecule has 2 aromatic rings. The monoisotopic (exact) mass is 452 g/mol. The maximum atomic E-state index is 6.79. The second-order valence-corrected chi connectivity index (χ2v) is 11.7. The van der Waals surface area contributed by atoms with Crippen molar-refractivity contribution in [2.24, 2.45) is 0 Å². The van der Waals surface area contributed by atoms with Crippen LogP contribution in [0.1, 0.15) is 84.5 Å². The zero-order valence-corrected chi connectivity index (χ0v) is 21.4. The molecule has 1 unspecified atom stereocenters. The quantitative estimate of drug-likeness (QED) is 0.136. The summed E-state index contributed by atoms with van der Waals surface area (Å²) in [6, 6.07) is 21.1. The molecule has 0 spiro atoms. The molecule has 176 valence electrons. The van der Waals surface area contributed by atoms with Gasteiger partial charge >= 0.3 is 8.56 Å². The van der Waals surface area contributed by atoms with Crippen molar-refractivity contribution in [1.82, 2.24) is 0 Å². The van der Waals surface area contributed by atoms with Crippen LogP contribution in [0.3, 0.4) is 0 Å². The molecule has 3 heteroatoms. The van der Waals surface area contributed by atoms with Crippen LogP contribution < -0.4 is 10.4 Å². The van der Waals surface area contributed by atoms with Crippen molar-refractivity contribution < 1.29 is 8.85 Å². The minimum Gasteiger partial charge on any atom is -0.388 e. The van der Waals surface area contributed by atoms with Gasteiger partial charge in [-0.05, 0) is 30.1 Å². The van der Waals surface area contributed by atoms with Gasteiger partial charge in [0.1, 0.15) is 0 Å². The van der Waals surface area contributed by atoms with Gasteiger partial charge in [-0.3, -0.25) is 0 Å². The Morgan fingerprint density at radius 2 is 1.22 bits per heavy atom. The van der Waals surface area contributed by atoms with Gasteiger partial charge in [0.05, 0.1) is 0 Å². The third kappa shape index (κ3) is 9.05. The van der Waals surface area contributed by atoms with E-state index < -0.39 is 8.56 Å². The van der Waals surface area contributed by atoms with Crippen LogP contribution in [0.15, 0.2) is 73.3 Å². The number of hydrogen-bond donors (Lipinski definition) is 0. The fourth-order valence-electron chi connectivity index (χ4n) is 4.19. The summed E-state index contributed by atoms with van der Waals surface area (Å²) in [6.45, 7) is 9.05. The zero-order chi connectivity index (χ0) is 22.9. The molecule has 0 aliphatic heterocycles. The Morgan fingerprint density at radius 1 is 0.750 bits per heavy atom. The summed E-state index contributed by atoms with van der Waals surface area (Å²) in [7, 11) is -2.79. The summed E-state index contributed by atoms with van der Waals surface area (Å²) >= 11 is 0. The zero-order valence-electron chi connectivity index (χ0n) is 20.4. The van der Waals surface area contributed by atoms with E-state index in [1.54, 1.807) is 0 Å². The predicted octanol–water partition coefficient (Wildman–Crippen LogP) is 7.16. The van der Waals surface area contributed by atoms with Crippen LogP contribution in [0.2, 0.25) is 0 Å². The van der Waals surface area contributed by atoms with Crippen molar-refractivity contribution in [2.45, 2.75) is 90.6 Å². The number of rotatable bonds is 18. The second kappa shape index (κ2) is 16.0. The first-order chi connectivity index (χ1) is 15.7. The summed E-state index contributed by atoms with van der Waals surface area (Å²) in [5, 5.41) is 2.35. The molecular formula is C29H44O2Si. The fraction of sp³-hybridized carbons (Fsp3) is 0.517. The Labute approximate surface area is 198 Å². The number of benzene rings is 2. The van der Waals surface area contributed by atoms with E-state index in [4.69, 9.17) is 8.85 Å². The molecule has 2 aromatic carbocycles. The molecule has 1 atom stereocenters. The van der Waals surface area contributed by atoms with E-state index in [0.29, 0.717) is 0 Å². The smallest absolute Gasteiger partial charge is 0.388 e. The molecular weight excluding hydrogens is 408 g/mol. The van der Waals surface area contributed by atoms with Crippen molar-refractivity contribution in [3.05, 3.63) is 73.3 Å². The third-order valence-electron chi connectivity index (χ3n) is 5.98. The summed E-state index contributed by atoms with van der Waals surface area (Å²) in [5.74, 6) is 0. The molecule has 0 N–H and O–H groups in total. The lowest BCUT2D eigenvalue weighted by atomic mass is 10.1. The van der Waals surface area contributed by atoms with Gasteiger partial charge in [0.25, 0.3) is 0 Å². The lowest BCUT2D eigenvalue weighted by Gasteiger charge is -2.34. The minimum atomic E-state index is -2.79. The van der Waals surface area contributed by atoms with E-state index in [9.17, 15) is 0 Å². The first-order valence-electron chi connectivity index (χ1n) is 12.8. The standard InChI is InChI=1S/C29H44O2Si/c1-4-6-7-8-9-10-11-12-13-20-26-30-32(31-27(3)21-5-2,28-22-16-14-17-23-28)29-24-18-15-19-25-29/h5,14-19,22-25,27H,2,4,6-13,20-21,26H2,1,3H3. The van der Waals surface area contributed by atoms with Gasteiger partial charge in [-0.25, -0.2) is 0 Å². The summed E-state index contributed by atoms with van der Waals surface area (Å²) in [4.78, 5) is 0. The van der Waals surface area contributed by atoms with Gasteiger partial charge in [-0.1, -0.05) is 131 Å². The van der Waals surface area contributed by atoms with Gasteiger partial charge in [-0.15, -0.1) is 6.58 Å². The highest BCUT2D eigenvalue weighted by Crippen LogP contribution is 2.16.